The topological polar surface area (TPSA) is 20.3 Å². The Bertz CT molecular complexity index is 560. The average molecular weight is 310 g/mol. The molecule has 0 N–H and O–H groups in total. The smallest absolute Gasteiger partial charge is 0.255 e. The van der Waals surface area contributed by atoms with Crippen molar-refractivity contribution in [1.29, 1.82) is 0 Å². The predicted molar refractivity (Wildman–Crippen MR) is 86.8 cm³/mol. The highest BCUT2D eigenvalue weighted by Crippen LogP contribution is 2.31. The summed E-state index contributed by atoms with van der Waals surface area (Å²) in [4.78, 5) is 15.1. The first-order valence-electron chi connectivity index (χ1n) is 6.76. The van der Waals surface area contributed by atoms with Crippen LogP contribution in [0.5, 0.6) is 0 Å². The zero-order valence-electron chi connectivity index (χ0n) is 12.1. The van der Waals surface area contributed by atoms with Gasteiger partial charge in [0.2, 0.25) is 0 Å². The molecule has 0 saturated carbocycles. The van der Waals surface area contributed by atoms with Gasteiger partial charge in [-0.1, -0.05) is 44.0 Å². The van der Waals surface area contributed by atoms with Crippen molar-refractivity contribution in [2.75, 3.05) is 13.1 Å². The number of benzene rings is 1. The number of hydrogen-bond donors (Lipinski definition) is 1. The fraction of sp³-hybridized carbons (Fsp3) is 0.438. The number of hydrogen-bond acceptors (Lipinski definition) is 2. The lowest BCUT2D eigenvalue weighted by Crippen LogP contribution is -2.36. The number of carbonyl (C=O) groups is 1. The van der Waals surface area contributed by atoms with Gasteiger partial charge >= 0.3 is 0 Å². The van der Waals surface area contributed by atoms with Crippen LogP contribution < -0.4 is 0 Å². The van der Waals surface area contributed by atoms with Gasteiger partial charge in [0.25, 0.3) is 5.91 Å². The van der Waals surface area contributed by atoms with E-state index in [0.29, 0.717) is 17.1 Å². The fourth-order valence-electron chi connectivity index (χ4n) is 2.38. The van der Waals surface area contributed by atoms with E-state index in [4.69, 9.17) is 11.6 Å². The number of rotatable bonds is 1. The van der Waals surface area contributed by atoms with Crippen LogP contribution in [0.1, 0.15) is 37.6 Å². The highest BCUT2D eigenvalue weighted by Gasteiger charge is 2.25. The fourth-order valence-corrected chi connectivity index (χ4v) is 2.78. The lowest BCUT2D eigenvalue weighted by Gasteiger charge is -2.32. The first-order valence-corrected chi connectivity index (χ1v) is 7.59. The summed E-state index contributed by atoms with van der Waals surface area (Å²) in [6.45, 7) is 8.01. The van der Waals surface area contributed by atoms with Crippen molar-refractivity contribution in [2.45, 2.75) is 32.1 Å². The second kappa shape index (κ2) is 5.82. The van der Waals surface area contributed by atoms with E-state index in [1.807, 2.05) is 4.90 Å². The average Bonchev–Trinajstić information content (AvgIpc) is 2.40. The molecule has 1 heterocycles. The van der Waals surface area contributed by atoms with Gasteiger partial charge in [-0.3, -0.25) is 4.79 Å². The Hall–Kier alpha value is -0.930. The Morgan fingerprint density at radius 3 is 2.60 bits per heavy atom. The van der Waals surface area contributed by atoms with Gasteiger partial charge in [-0.05, 0) is 30.0 Å². The molecule has 0 saturated heterocycles. The van der Waals surface area contributed by atoms with Crippen LogP contribution in [0.2, 0.25) is 5.02 Å². The maximum atomic E-state index is 12.5. The summed E-state index contributed by atoms with van der Waals surface area (Å²) in [5.41, 5.74) is 2.13. The molecular formula is C16H20ClNOS. The molecule has 2 rings (SSSR count). The minimum atomic E-state index is -0.0184. The summed E-state index contributed by atoms with van der Waals surface area (Å²) in [7, 11) is 0. The van der Waals surface area contributed by atoms with Crippen molar-refractivity contribution in [3.63, 3.8) is 0 Å². The normalized spacial score (nSPS) is 16.1. The minimum Gasteiger partial charge on any atom is -0.335 e. The standard InChI is InChI=1S/C16H20ClNOS/c1-16(2,3)11-6-8-18(9-7-11)15(19)13-10-12(20)4-5-14(13)17/h4-6,10,20H,7-9H2,1-3H3. The van der Waals surface area contributed by atoms with Gasteiger partial charge in [0, 0.05) is 18.0 Å². The van der Waals surface area contributed by atoms with Crippen LogP contribution in [-0.4, -0.2) is 23.9 Å². The maximum absolute atomic E-state index is 12.5. The molecule has 0 bridgehead atoms. The summed E-state index contributed by atoms with van der Waals surface area (Å²) in [5.74, 6) is -0.0184. The molecular weight excluding hydrogens is 290 g/mol. The quantitative estimate of drug-likeness (QED) is 0.600. The Morgan fingerprint density at radius 2 is 2.05 bits per heavy atom. The molecule has 0 aromatic heterocycles. The Balaban J connectivity index is 2.17. The van der Waals surface area contributed by atoms with Crippen LogP contribution in [0.15, 0.2) is 34.7 Å². The molecule has 0 radical (unpaired) electrons. The SMILES string of the molecule is CC(C)(C)C1=CCN(C(=O)c2cc(S)ccc2Cl)CC1. The Labute approximate surface area is 131 Å². The van der Waals surface area contributed by atoms with Crippen LogP contribution in [0.4, 0.5) is 0 Å². The molecule has 20 heavy (non-hydrogen) atoms. The van der Waals surface area contributed by atoms with Gasteiger partial charge in [-0.15, -0.1) is 12.6 Å². The Kier molecular flexibility index (Phi) is 4.50. The molecule has 1 amide bonds. The van der Waals surface area contributed by atoms with Crippen LogP contribution in [0, 0.1) is 5.41 Å². The van der Waals surface area contributed by atoms with E-state index in [1.165, 1.54) is 5.57 Å². The molecule has 0 fully saturated rings. The van der Waals surface area contributed by atoms with E-state index in [9.17, 15) is 4.79 Å². The summed E-state index contributed by atoms with van der Waals surface area (Å²) in [5, 5.41) is 0.485. The van der Waals surface area contributed by atoms with Gasteiger partial charge in [-0.25, -0.2) is 0 Å². The third-order valence-electron chi connectivity index (χ3n) is 3.64. The third kappa shape index (κ3) is 3.39. The molecule has 0 unspecified atom stereocenters. The molecule has 1 aliphatic rings. The molecule has 2 nitrogen and oxygen atoms in total. The summed E-state index contributed by atoms with van der Waals surface area (Å²) < 4.78 is 0. The molecule has 0 aliphatic carbocycles. The molecule has 0 spiro atoms. The molecule has 1 aliphatic heterocycles. The van der Waals surface area contributed by atoms with Crippen molar-refractivity contribution < 1.29 is 4.79 Å². The van der Waals surface area contributed by atoms with E-state index in [0.717, 1.165) is 17.9 Å². The number of nitrogens with zero attached hydrogens (tertiary/aromatic N) is 1. The highest BCUT2D eigenvalue weighted by molar-refractivity contribution is 7.80. The highest BCUT2D eigenvalue weighted by atomic mass is 35.5. The van der Waals surface area contributed by atoms with Gasteiger partial charge < -0.3 is 4.90 Å². The largest absolute Gasteiger partial charge is 0.335 e. The van der Waals surface area contributed by atoms with E-state index in [2.05, 4.69) is 39.5 Å². The van der Waals surface area contributed by atoms with Crippen LogP contribution in [-0.2, 0) is 0 Å². The first-order chi connectivity index (χ1) is 9.29. The molecule has 1 aromatic rings. The van der Waals surface area contributed by atoms with Gasteiger partial charge in [-0.2, -0.15) is 0 Å². The second-order valence-electron chi connectivity index (χ2n) is 6.14. The Morgan fingerprint density at radius 1 is 1.35 bits per heavy atom. The number of carbonyl (C=O) groups excluding carboxylic acids is 1. The van der Waals surface area contributed by atoms with Crippen LogP contribution in [0.3, 0.4) is 0 Å². The predicted octanol–water partition coefficient (Wildman–Crippen LogP) is 4.45. The van der Waals surface area contributed by atoms with Gasteiger partial charge in [0.05, 0.1) is 10.6 Å². The molecule has 4 heteroatoms. The lowest BCUT2D eigenvalue weighted by molar-refractivity contribution is 0.0765. The zero-order chi connectivity index (χ0) is 14.9. The van der Waals surface area contributed by atoms with E-state index < -0.39 is 0 Å². The second-order valence-corrected chi connectivity index (χ2v) is 7.07. The summed E-state index contributed by atoms with van der Waals surface area (Å²) >= 11 is 10.4. The number of amides is 1. The summed E-state index contributed by atoms with van der Waals surface area (Å²) in [6.07, 6.45) is 3.09. The first kappa shape index (κ1) is 15.5. The molecule has 0 atom stereocenters. The van der Waals surface area contributed by atoms with Gasteiger partial charge in [0.1, 0.15) is 0 Å². The number of halogens is 1. The van der Waals surface area contributed by atoms with E-state index >= 15 is 0 Å². The van der Waals surface area contributed by atoms with Crippen LogP contribution in [0.25, 0.3) is 0 Å². The monoisotopic (exact) mass is 309 g/mol. The van der Waals surface area contributed by atoms with Crippen LogP contribution >= 0.6 is 24.2 Å². The van der Waals surface area contributed by atoms with Crippen molar-refractivity contribution >= 4 is 30.1 Å². The van der Waals surface area contributed by atoms with E-state index in [-0.39, 0.29) is 11.3 Å². The maximum Gasteiger partial charge on any atom is 0.255 e. The van der Waals surface area contributed by atoms with Crippen molar-refractivity contribution in [1.82, 2.24) is 4.90 Å². The number of thiol groups is 1. The molecule has 1 aromatic carbocycles. The lowest BCUT2D eigenvalue weighted by atomic mass is 9.83. The minimum absolute atomic E-state index is 0.0184. The van der Waals surface area contributed by atoms with Crippen molar-refractivity contribution in [3.8, 4) is 0 Å². The zero-order valence-corrected chi connectivity index (χ0v) is 13.8. The molecule has 108 valence electrons. The summed E-state index contributed by atoms with van der Waals surface area (Å²) in [6, 6.07) is 5.24. The van der Waals surface area contributed by atoms with Gasteiger partial charge in [0.15, 0.2) is 0 Å². The van der Waals surface area contributed by atoms with Crippen molar-refractivity contribution in [3.05, 3.63) is 40.4 Å². The third-order valence-corrected chi connectivity index (χ3v) is 4.25. The van der Waals surface area contributed by atoms with E-state index in [1.54, 1.807) is 18.2 Å². The van der Waals surface area contributed by atoms with Crippen molar-refractivity contribution in [2.24, 2.45) is 5.41 Å².